The highest BCUT2D eigenvalue weighted by Gasteiger charge is 2.18. The van der Waals surface area contributed by atoms with Crippen molar-refractivity contribution in [3.8, 4) is 5.69 Å². The van der Waals surface area contributed by atoms with Crippen molar-refractivity contribution in [2.24, 2.45) is 5.92 Å². The summed E-state index contributed by atoms with van der Waals surface area (Å²) in [5.41, 5.74) is 2.58. The fourth-order valence-corrected chi connectivity index (χ4v) is 3.42. The van der Waals surface area contributed by atoms with E-state index < -0.39 is 0 Å². The van der Waals surface area contributed by atoms with Crippen molar-refractivity contribution < 1.29 is 4.79 Å². The summed E-state index contributed by atoms with van der Waals surface area (Å²) in [7, 11) is 0. The molecule has 1 aliphatic rings. The summed E-state index contributed by atoms with van der Waals surface area (Å²) < 4.78 is 2.87. The summed E-state index contributed by atoms with van der Waals surface area (Å²) in [5.74, 6) is 0.655. The van der Waals surface area contributed by atoms with Crippen LogP contribution in [0.5, 0.6) is 0 Å². The Morgan fingerprint density at radius 3 is 2.80 bits per heavy atom. The Hall–Kier alpha value is -1.37. The van der Waals surface area contributed by atoms with E-state index >= 15 is 0 Å². The normalized spacial score (nSPS) is 16.5. The van der Waals surface area contributed by atoms with Gasteiger partial charge in [0.2, 0.25) is 0 Å². The van der Waals surface area contributed by atoms with Crippen LogP contribution in [0.2, 0.25) is 0 Å². The van der Waals surface area contributed by atoms with Gasteiger partial charge >= 0.3 is 0 Å². The van der Waals surface area contributed by atoms with Crippen LogP contribution >= 0.6 is 28.3 Å². The van der Waals surface area contributed by atoms with Crippen molar-refractivity contribution in [2.75, 3.05) is 19.6 Å². The first-order valence-corrected chi connectivity index (χ1v) is 9.30. The number of aromatic nitrogens is 2. The third-order valence-electron chi connectivity index (χ3n) is 4.52. The molecule has 5 nitrogen and oxygen atoms in total. The predicted octanol–water partition coefficient (Wildman–Crippen LogP) is 3.35. The van der Waals surface area contributed by atoms with Crippen molar-refractivity contribution in [3.63, 3.8) is 0 Å². The maximum absolute atomic E-state index is 12.5. The number of amides is 1. The average Bonchev–Trinajstić information content (AvgIpc) is 3.24. The fourth-order valence-electron chi connectivity index (χ4n) is 3.15. The lowest BCUT2D eigenvalue weighted by molar-refractivity contribution is 0.0950. The minimum atomic E-state index is -0.0267. The van der Waals surface area contributed by atoms with Gasteiger partial charge in [0.1, 0.15) is 0 Å². The van der Waals surface area contributed by atoms with Crippen LogP contribution < -0.4 is 10.6 Å². The van der Waals surface area contributed by atoms with Crippen LogP contribution in [0.3, 0.4) is 0 Å². The second kappa shape index (κ2) is 9.36. The zero-order valence-electron chi connectivity index (χ0n) is 14.3. The molecule has 1 aliphatic heterocycles. The van der Waals surface area contributed by atoms with Crippen molar-refractivity contribution in [2.45, 2.75) is 26.2 Å². The lowest BCUT2D eigenvalue weighted by Crippen LogP contribution is -2.27. The fraction of sp³-hybridized carbons (Fsp3) is 0.444. The maximum Gasteiger partial charge on any atom is 0.254 e. The van der Waals surface area contributed by atoms with E-state index in [0.29, 0.717) is 11.5 Å². The molecule has 1 unspecified atom stereocenters. The Labute approximate surface area is 163 Å². The Morgan fingerprint density at radius 1 is 1.40 bits per heavy atom. The molecular formula is C18H24BrClN4O. The van der Waals surface area contributed by atoms with Gasteiger partial charge in [0.15, 0.2) is 0 Å². The van der Waals surface area contributed by atoms with Crippen LogP contribution in [0.25, 0.3) is 5.69 Å². The summed E-state index contributed by atoms with van der Waals surface area (Å²) >= 11 is 3.44. The van der Waals surface area contributed by atoms with E-state index in [2.05, 4.69) is 31.7 Å². The minimum absolute atomic E-state index is 0. The molecule has 1 aromatic carbocycles. The third kappa shape index (κ3) is 4.84. The van der Waals surface area contributed by atoms with Gasteiger partial charge in [0.25, 0.3) is 5.91 Å². The first kappa shape index (κ1) is 19.9. The molecule has 2 aromatic rings. The molecule has 0 radical (unpaired) electrons. The molecule has 1 atom stereocenters. The number of nitrogens with one attached hydrogen (secondary N) is 2. The molecule has 25 heavy (non-hydrogen) atoms. The number of nitrogens with zero attached hydrogens (tertiary/aromatic N) is 2. The number of rotatable bonds is 6. The molecule has 0 spiro atoms. The number of benzene rings is 1. The van der Waals surface area contributed by atoms with E-state index in [1.165, 1.54) is 6.42 Å². The number of hydrogen-bond acceptors (Lipinski definition) is 3. The third-order valence-corrected chi connectivity index (χ3v) is 5.05. The quantitative estimate of drug-likeness (QED) is 0.743. The van der Waals surface area contributed by atoms with E-state index in [4.69, 9.17) is 0 Å². The molecule has 136 valence electrons. The second-order valence-corrected chi connectivity index (χ2v) is 7.07. The molecule has 0 saturated carbocycles. The first-order chi connectivity index (χ1) is 11.7. The Kier molecular flexibility index (Phi) is 7.47. The number of halogens is 2. The highest BCUT2D eigenvalue weighted by atomic mass is 79.9. The molecule has 2 N–H and O–H groups in total. The van der Waals surface area contributed by atoms with E-state index in [-0.39, 0.29) is 18.3 Å². The molecule has 0 bridgehead atoms. The first-order valence-electron chi connectivity index (χ1n) is 8.50. The van der Waals surface area contributed by atoms with E-state index in [0.717, 1.165) is 48.3 Å². The maximum atomic E-state index is 12.5. The van der Waals surface area contributed by atoms with Gasteiger partial charge in [0, 0.05) is 11.0 Å². The summed E-state index contributed by atoms with van der Waals surface area (Å²) in [6.07, 6.45) is 4.66. The molecule has 2 heterocycles. The standard InChI is InChI=1S/C18H23BrN4O.ClH/c1-2-17-16(18(24)21-10-8-13-7-9-20-11-13)12-22-23(17)15-5-3-14(19)4-6-15;/h3-6,12-13,20H,2,7-11H2,1H3,(H,21,24);1H. The highest BCUT2D eigenvalue weighted by molar-refractivity contribution is 9.10. The van der Waals surface area contributed by atoms with Crippen LogP contribution in [0.15, 0.2) is 34.9 Å². The zero-order chi connectivity index (χ0) is 16.9. The van der Waals surface area contributed by atoms with Crippen molar-refractivity contribution in [1.82, 2.24) is 20.4 Å². The predicted molar refractivity (Wildman–Crippen MR) is 106 cm³/mol. The van der Waals surface area contributed by atoms with Crippen molar-refractivity contribution in [1.29, 1.82) is 0 Å². The Bertz CT molecular complexity index is 696. The van der Waals surface area contributed by atoms with Crippen LogP contribution in [0.1, 0.15) is 35.8 Å². The average molecular weight is 428 g/mol. The van der Waals surface area contributed by atoms with Crippen LogP contribution in [-0.2, 0) is 6.42 Å². The van der Waals surface area contributed by atoms with Gasteiger partial charge in [-0.25, -0.2) is 4.68 Å². The molecular weight excluding hydrogens is 404 g/mol. The van der Waals surface area contributed by atoms with Gasteiger partial charge in [-0.15, -0.1) is 12.4 Å². The SMILES string of the molecule is CCc1c(C(=O)NCCC2CCNC2)cnn1-c1ccc(Br)cc1.Cl. The minimum Gasteiger partial charge on any atom is -0.352 e. The molecule has 1 amide bonds. The van der Waals surface area contributed by atoms with Gasteiger partial charge in [0.05, 0.1) is 23.1 Å². The van der Waals surface area contributed by atoms with Crippen molar-refractivity contribution in [3.05, 3.63) is 46.2 Å². The zero-order valence-corrected chi connectivity index (χ0v) is 16.7. The molecule has 3 rings (SSSR count). The van der Waals surface area contributed by atoms with Gasteiger partial charge < -0.3 is 10.6 Å². The van der Waals surface area contributed by atoms with Crippen molar-refractivity contribution >= 4 is 34.2 Å². The lowest BCUT2D eigenvalue weighted by atomic mass is 10.1. The smallest absolute Gasteiger partial charge is 0.254 e. The van der Waals surface area contributed by atoms with Gasteiger partial charge in [-0.2, -0.15) is 5.10 Å². The second-order valence-electron chi connectivity index (χ2n) is 6.15. The number of carbonyl (C=O) groups is 1. The highest BCUT2D eigenvalue weighted by Crippen LogP contribution is 2.18. The number of carbonyl (C=O) groups excluding carboxylic acids is 1. The van der Waals surface area contributed by atoms with Gasteiger partial charge in [-0.1, -0.05) is 22.9 Å². The summed E-state index contributed by atoms with van der Waals surface area (Å²) in [6.45, 7) is 4.93. The van der Waals surface area contributed by atoms with E-state index in [1.807, 2.05) is 35.9 Å². The largest absolute Gasteiger partial charge is 0.352 e. The molecule has 1 fully saturated rings. The summed E-state index contributed by atoms with van der Waals surface area (Å²) in [5, 5.41) is 10.8. The molecule has 1 aromatic heterocycles. The Morgan fingerprint density at radius 2 is 2.16 bits per heavy atom. The van der Waals surface area contributed by atoms with Gasteiger partial charge in [-0.3, -0.25) is 4.79 Å². The Balaban J connectivity index is 0.00000225. The number of hydrogen-bond donors (Lipinski definition) is 2. The lowest BCUT2D eigenvalue weighted by Gasteiger charge is -2.10. The monoisotopic (exact) mass is 426 g/mol. The van der Waals surface area contributed by atoms with Crippen LogP contribution in [-0.4, -0.2) is 35.3 Å². The molecule has 0 aliphatic carbocycles. The summed E-state index contributed by atoms with van der Waals surface area (Å²) in [4.78, 5) is 12.5. The van der Waals surface area contributed by atoms with Gasteiger partial charge in [-0.05, 0) is 62.5 Å². The van der Waals surface area contributed by atoms with Crippen LogP contribution in [0, 0.1) is 5.92 Å². The van der Waals surface area contributed by atoms with E-state index in [9.17, 15) is 4.79 Å². The van der Waals surface area contributed by atoms with E-state index in [1.54, 1.807) is 6.20 Å². The molecule has 1 saturated heterocycles. The summed E-state index contributed by atoms with van der Waals surface area (Å²) in [6, 6.07) is 7.94. The van der Waals surface area contributed by atoms with Crippen LogP contribution in [0.4, 0.5) is 0 Å². The molecule has 7 heteroatoms. The topological polar surface area (TPSA) is 59.0 Å².